The highest BCUT2D eigenvalue weighted by molar-refractivity contribution is 7.92. The number of likely N-dealkylation sites (tertiary alicyclic amines) is 1. The molecule has 172 valence electrons. The minimum atomic E-state index is -3.53. The van der Waals surface area contributed by atoms with Crippen LogP contribution in [-0.2, 0) is 16.6 Å². The van der Waals surface area contributed by atoms with Crippen molar-refractivity contribution in [1.82, 2.24) is 9.47 Å². The zero-order valence-corrected chi connectivity index (χ0v) is 19.3. The third-order valence-corrected chi connectivity index (χ3v) is 8.10. The van der Waals surface area contributed by atoms with Gasteiger partial charge in [-0.25, -0.2) is 8.42 Å². The molecule has 7 nitrogen and oxygen atoms in total. The topological polar surface area (TPSA) is 88.5 Å². The predicted octanol–water partition coefficient (Wildman–Crippen LogP) is 3.41. The molecule has 33 heavy (non-hydrogen) atoms. The van der Waals surface area contributed by atoms with Gasteiger partial charge in [0.2, 0.25) is 10.0 Å². The molecule has 1 amide bonds. The SMILES string of the molecule is CCCS(=O)(=O)Nc1ccc2n(c1=O)C[C@H]1C[C@@H]2CN(C(=O)c2ccc3ccccc3c2)C1. The molecule has 2 aliphatic rings. The summed E-state index contributed by atoms with van der Waals surface area (Å²) in [4.78, 5) is 28.2. The fourth-order valence-corrected chi connectivity index (χ4v) is 6.31. The number of piperidine rings is 1. The van der Waals surface area contributed by atoms with Crippen molar-refractivity contribution < 1.29 is 13.2 Å². The number of carbonyl (C=O) groups excluding carboxylic acids is 1. The molecule has 5 rings (SSSR count). The Balaban J connectivity index is 1.40. The van der Waals surface area contributed by atoms with Gasteiger partial charge in [-0.05, 0) is 53.8 Å². The van der Waals surface area contributed by atoms with E-state index in [-0.39, 0.29) is 34.7 Å². The minimum absolute atomic E-state index is 0.00944. The highest BCUT2D eigenvalue weighted by Crippen LogP contribution is 2.36. The van der Waals surface area contributed by atoms with Crippen LogP contribution in [0.4, 0.5) is 5.69 Å². The third kappa shape index (κ3) is 4.15. The summed E-state index contributed by atoms with van der Waals surface area (Å²) in [6, 6.07) is 17.2. The van der Waals surface area contributed by atoms with Crippen molar-refractivity contribution in [3.05, 3.63) is 76.2 Å². The van der Waals surface area contributed by atoms with E-state index in [1.54, 1.807) is 17.6 Å². The fourth-order valence-electron chi connectivity index (χ4n) is 5.18. The van der Waals surface area contributed by atoms with Gasteiger partial charge in [0, 0.05) is 36.8 Å². The van der Waals surface area contributed by atoms with E-state index in [1.165, 1.54) is 0 Å². The Morgan fingerprint density at radius 1 is 1.03 bits per heavy atom. The van der Waals surface area contributed by atoms with E-state index < -0.39 is 10.0 Å². The Morgan fingerprint density at radius 3 is 2.61 bits per heavy atom. The molecule has 2 aromatic carbocycles. The van der Waals surface area contributed by atoms with Crippen molar-refractivity contribution in [3.8, 4) is 0 Å². The van der Waals surface area contributed by atoms with Crippen molar-refractivity contribution in [2.45, 2.75) is 32.2 Å². The molecule has 2 atom stereocenters. The van der Waals surface area contributed by atoms with Crippen LogP contribution in [0.1, 0.15) is 41.7 Å². The van der Waals surface area contributed by atoms with Gasteiger partial charge in [0.15, 0.2) is 0 Å². The number of rotatable bonds is 5. The highest BCUT2D eigenvalue weighted by atomic mass is 32.2. The van der Waals surface area contributed by atoms with E-state index in [4.69, 9.17) is 0 Å². The summed E-state index contributed by atoms with van der Waals surface area (Å²) in [5.74, 6) is 0.192. The normalized spacial score (nSPS) is 19.8. The lowest BCUT2D eigenvalue weighted by molar-refractivity contribution is 0.0595. The van der Waals surface area contributed by atoms with Gasteiger partial charge in [0.1, 0.15) is 5.69 Å². The molecule has 1 saturated heterocycles. The van der Waals surface area contributed by atoms with Crippen LogP contribution in [0.2, 0.25) is 0 Å². The van der Waals surface area contributed by atoms with Crippen molar-refractivity contribution >= 4 is 32.4 Å². The first kappa shape index (κ1) is 21.7. The van der Waals surface area contributed by atoms with Crippen LogP contribution in [0.5, 0.6) is 0 Å². The molecule has 3 heterocycles. The van der Waals surface area contributed by atoms with Gasteiger partial charge in [0.05, 0.1) is 5.75 Å². The highest BCUT2D eigenvalue weighted by Gasteiger charge is 2.37. The number of fused-ring (bicyclic) bond motifs is 5. The largest absolute Gasteiger partial charge is 0.338 e. The zero-order chi connectivity index (χ0) is 23.2. The summed E-state index contributed by atoms with van der Waals surface area (Å²) >= 11 is 0. The van der Waals surface area contributed by atoms with Gasteiger partial charge >= 0.3 is 0 Å². The third-order valence-electron chi connectivity index (χ3n) is 6.63. The Labute approximate surface area is 193 Å². The van der Waals surface area contributed by atoms with Crippen molar-refractivity contribution in [2.75, 3.05) is 23.6 Å². The first-order valence-corrected chi connectivity index (χ1v) is 13.0. The van der Waals surface area contributed by atoms with Crippen LogP contribution in [0, 0.1) is 5.92 Å². The number of aromatic nitrogens is 1. The number of nitrogens with zero attached hydrogens (tertiary/aromatic N) is 2. The van der Waals surface area contributed by atoms with Gasteiger partial charge in [-0.3, -0.25) is 14.3 Å². The van der Waals surface area contributed by atoms with Gasteiger partial charge in [-0.15, -0.1) is 0 Å². The maximum absolute atomic E-state index is 13.3. The van der Waals surface area contributed by atoms with Crippen LogP contribution >= 0.6 is 0 Å². The number of pyridine rings is 1. The second-order valence-corrected chi connectivity index (χ2v) is 10.9. The van der Waals surface area contributed by atoms with Crippen molar-refractivity contribution in [1.29, 1.82) is 0 Å². The number of sulfonamides is 1. The average molecular weight is 466 g/mol. The second kappa shape index (κ2) is 8.33. The van der Waals surface area contributed by atoms with E-state index in [0.717, 1.165) is 22.9 Å². The Hall–Kier alpha value is -3.13. The first-order chi connectivity index (χ1) is 15.8. The average Bonchev–Trinajstić information content (AvgIpc) is 2.80. The quantitative estimate of drug-likeness (QED) is 0.625. The number of hydrogen-bond acceptors (Lipinski definition) is 4. The van der Waals surface area contributed by atoms with E-state index in [9.17, 15) is 18.0 Å². The van der Waals surface area contributed by atoms with E-state index in [0.29, 0.717) is 31.6 Å². The maximum Gasteiger partial charge on any atom is 0.275 e. The summed E-state index contributed by atoms with van der Waals surface area (Å²) in [7, 11) is -3.53. The summed E-state index contributed by atoms with van der Waals surface area (Å²) in [5, 5.41) is 2.14. The number of carbonyl (C=O) groups is 1. The van der Waals surface area contributed by atoms with E-state index >= 15 is 0 Å². The van der Waals surface area contributed by atoms with Gasteiger partial charge in [-0.1, -0.05) is 37.3 Å². The lowest BCUT2D eigenvalue weighted by Gasteiger charge is -2.43. The van der Waals surface area contributed by atoms with Crippen molar-refractivity contribution in [3.63, 3.8) is 0 Å². The number of amides is 1. The first-order valence-electron chi connectivity index (χ1n) is 11.4. The van der Waals surface area contributed by atoms with Crippen LogP contribution in [0.25, 0.3) is 10.8 Å². The van der Waals surface area contributed by atoms with Gasteiger partial charge in [0.25, 0.3) is 11.5 Å². The lowest BCUT2D eigenvalue weighted by atomic mass is 9.83. The van der Waals surface area contributed by atoms with Crippen LogP contribution < -0.4 is 10.3 Å². The summed E-state index contributed by atoms with van der Waals surface area (Å²) in [5.41, 5.74) is 1.32. The molecule has 0 saturated carbocycles. The number of nitrogens with one attached hydrogen (secondary N) is 1. The summed E-state index contributed by atoms with van der Waals surface area (Å²) < 4.78 is 28.4. The smallest absolute Gasteiger partial charge is 0.275 e. The van der Waals surface area contributed by atoms with E-state index in [2.05, 4.69) is 4.72 Å². The number of benzene rings is 2. The van der Waals surface area contributed by atoms with Gasteiger partial charge in [-0.2, -0.15) is 0 Å². The van der Waals surface area contributed by atoms with Crippen molar-refractivity contribution in [2.24, 2.45) is 5.92 Å². The molecule has 0 aliphatic carbocycles. The summed E-state index contributed by atoms with van der Waals surface area (Å²) in [6.07, 6.45) is 1.40. The second-order valence-electron chi connectivity index (χ2n) is 9.08. The Morgan fingerprint density at radius 2 is 1.82 bits per heavy atom. The molecule has 1 fully saturated rings. The molecular weight excluding hydrogens is 438 g/mol. The molecular formula is C25H27N3O4S. The Kier molecular flexibility index (Phi) is 5.48. The Bertz CT molecular complexity index is 1400. The van der Waals surface area contributed by atoms with E-state index in [1.807, 2.05) is 53.4 Å². The molecule has 1 N–H and O–H groups in total. The van der Waals surface area contributed by atoms with Crippen LogP contribution in [0.3, 0.4) is 0 Å². The molecule has 8 heteroatoms. The maximum atomic E-state index is 13.3. The van der Waals surface area contributed by atoms with Crippen LogP contribution in [-0.4, -0.2) is 42.6 Å². The number of hydrogen-bond donors (Lipinski definition) is 1. The summed E-state index contributed by atoms with van der Waals surface area (Å²) in [6.45, 7) is 3.39. The molecule has 0 unspecified atom stereocenters. The predicted molar refractivity (Wildman–Crippen MR) is 129 cm³/mol. The monoisotopic (exact) mass is 465 g/mol. The number of anilines is 1. The molecule has 2 aliphatic heterocycles. The standard InChI is InChI=1S/C25H27N3O4S/c1-2-11-33(31,32)26-22-9-10-23-21-12-17(15-28(23)25(22)30)14-27(16-21)24(29)20-8-7-18-5-3-4-6-19(18)13-20/h3-10,13,17,21,26H,2,11-12,14-16H2,1H3/t17-,21+/m0/s1. The van der Waals surface area contributed by atoms with Gasteiger partial charge < -0.3 is 9.47 Å². The molecule has 0 spiro atoms. The molecule has 2 bridgehead atoms. The fraction of sp³-hybridized carbons (Fsp3) is 0.360. The molecule has 0 radical (unpaired) electrons. The molecule has 1 aromatic heterocycles. The van der Waals surface area contributed by atoms with Crippen LogP contribution in [0.15, 0.2) is 59.4 Å². The zero-order valence-electron chi connectivity index (χ0n) is 18.5. The minimum Gasteiger partial charge on any atom is -0.338 e. The lowest BCUT2D eigenvalue weighted by Crippen LogP contribution is -2.49. The molecule has 3 aromatic rings.